The van der Waals surface area contributed by atoms with E-state index in [0.29, 0.717) is 17.5 Å². The Morgan fingerprint density at radius 2 is 2.39 bits per heavy atom. The number of aromatic nitrogens is 1. The second-order valence-electron chi connectivity index (χ2n) is 5.15. The van der Waals surface area contributed by atoms with Gasteiger partial charge in [-0.15, -0.1) is 0 Å². The Labute approximate surface area is 108 Å². The number of nitrogens with one attached hydrogen (secondary N) is 1. The average Bonchev–Trinajstić information content (AvgIpc) is 2.65. The molecule has 0 aromatic carbocycles. The van der Waals surface area contributed by atoms with Crippen molar-refractivity contribution in [2.45, 2.75) is 26.3 Å². The normalized spacial score (nSPS) is 20.8. The number of hydrogen-bond acceptors (Lipinski definition) is 3. The molecule has 0 radical (unpaired) electrons. The first-order valence-corrected chi connectivity index (χ1v) is 6.61. The van der Waals surface area contributed by atoms with Crippen molar-refractivity contribution < 1.29 is 4.79 Å². The lowest BCUT2D eigenvalue weighted by Crippen LogP contribution is -2.43. The molecule has 0 spiro atoms. The fraction of sp³-hybridized carbons (Fsp3) is 0.571. The molecule has 1 unspecified atom stereocenters. The predicted molar refractivity (Wildman–Crippen MR) is 71.4 cm³/mol. The first-order valence-electron chi connectivity index (χ1n) is 6.61. The second kappa shape index (κ2) is 5.96. The smallest absolute Gasteiger partial charge is 0.255 e. The lowest BCUT2D eigenvalue weighted by atomic mass is 10.0. The Hall–Kier alpha value is -1.42. The molecule has 1 amide bonds. The summed E-state index contributed by atoms with van der Waals surface area (Å²) in [4.78, 5) is 18.3. The van der Waals surface area contributed by atoms with Crippen LogP contribution in [0.15, 0.2) is 24.5 Å². The Balaban J connectivity index is 2.09. The van der Waals surface area contributed by atoms with Gasteiger partial charge in [-0.2, -0.15) is 0 Å². The molecule has 2 heterocycles. The van der Waals surface area contributed by atoms with Crippen molar-refractivity contribution in [1.82, 2.24) is 15.2 Å². The van der Waals surface area contributed by atoms with Crippen LogP contribution in [0.1, 0.15) is 30.6 Å². The summed E-state index contributed by atoms with van der Waals surface area (Å²) in [6.07, 6.45) is 4.35. The third-order valence-corrected chi connectivity index (χ3v) is 3.43. The highest BCUT2D eigenvalue weighted by atomic mass is 16.2. The van der Waals surface area contributed by atoms with Crippen LogP contribution in [0.25, 0.3) is 0 Å². The van der Waals surface area contributed by atoms with Crippen LogP contribution >= 0.6 is 0 Å². The number of carbonyl (C=O) groups is 1. The predicted octanol–water partition coefficient (Wildman–Crippen LogP) is 1.54. The number of pyridine rings is 1. The fourth-order valence-corrected chi connectivity index (χ4v) is 2.25. The summed E-state index contributed by atoms with van der Waals surface area (Å²) in [7, 11) is 0. The maximum atomic E-state index is 12.4. The van der Waals surface area contributed by atoms with Crippen LogP contribution in [0, 0.1) is 5.92 Å². The van der Waals surface area contributed by atoms with E-state index in [2.05, 4.69) is 24.1 Å². The maximum Gasteiger partial charge on any atom is 0.255 e. The zero-order valence-corrected chi connectivity index (χ0v) is 11.1. The first kappa shape index (κ1) is 13.0. The van der Waals surface area contributed by atoms with Gasteiger partial charge < -0.3 is 10.2 Å². The van der Waals surface area contributed by atoms with Gasteiger partial charge in [-0.05, 0) is 31.0 Å². The summed E-state index contributed by atoms with van der Waals surface area (Å²) in [5, 5.41) is 3.51. The average molecular weight is 247 g/mol. The molecule has 4 nitrogen and oxygen atoms in total. The lowest BCUT2D eigenvalue weighted by molar-refractivity contribution is 0.0745. The van der Waals surface area contributed by atoms with Gasteiger partial charge in [0.1, 0.15) is 0 Å². The monoisotopic (exact) mass is 247 g/mol. The molecule has 0 saturated carbocycles. The first-order chi connectivity index (χ1) is 8.68. The number of hydrogen-bond donors (Lipinski definition) is 1. The minimum atomic E-state index is 0.0949. The molecule has 1 atom stereocenters. The zero-order chi connectivity index (χ0) is 13.0. The van der Waals surface area contributed by atoms with Crippen molar-refractivity contribution in [2.75, 3.05) is 19.6 Å². The van der Waals surface area contributed by atoms with Gasteiger partial charge >= 0.3 is 0 Å². The summed E-state index contributed by atoms with van der Waals surface area (Å²) >= 11 is 0. The van der Waals surface area contributed by atoms with Crippen LogP contribution in [-0.4, -0.2) is 41.5 Å². The topological polar surface area (TPSA) is 45.2 Å². The van der Waals surface area contributed by atoms with E-state index < -0.39 is 0 Å². The van der Waals surface area contributed by atoms with Gasteiger partial charge in [-0.3, -0.25) is 9.78 Å². The number of amides is 1. The Bertz CT molecular complexity index is 391. The third kappa shape index (κ3) is 3.07. The van der Waals surface area contributed by atoms with E-state index >= 15 is 0 Å². The van der Waals surface area contributed by atoms with Crippen LogP contribution in [-0.2, 0) is 0 Å². The third-order valence-electron chi connectivity index (χ3n) is 3.43. The van der Waals surface area contributed by atoms with Crippen molar-refractivity contribution in [3.8, 4) is 0 Å². The van der Waals surface area contributed by atoms with E-state index in [9.17, 15) is 4.79 Å². The lowest BCUT2D eigenvalue weighted by Gasteiger charge is -2.26. The van der Waals surface area contributed by atoms with Crippen LogP contribution in [0.4, 0.5) is 0 Å². The van der Waals surface area contributed by atoms with Gasteiger partial charge in [0.2, 0.25) is 0 Å². The van der Waals surface area contributed by atoms with Crippen LogP contribution in [0.2, 0.25) is 0 Å². The Morgan fingerprint density at radius 3 is 3.06 bits per heavy atom. The molecule has 1 aliphatic heterocycles. The van der Waals surface area contributed by atoms with Gasteiger partial charge in [-0.25, -0.2) is 0 Å². The van der Waals surface area contributed by atoms with Gasteiger partial charge in [0.05, 0.1) is 5.56 Å². The highest BCUT2D eigenvalue weighted by Crippen LogP contribution is 2.11. The fourth-order valence-electron chi connectivity index (χ4n) is 2.25. The molecule has 1 aliphatic rings. The molecule has 1 fully saturated rings. The molecular formula is C14H21N3O. The highest BCUT2D eigenvalue weighted by molar-refractivity contribution is 5.93. The van der Waals surface area contributed by atoms with Crippen molar-refractivity contribution in [1.29, 1.82) is 0 Å². The Kier molecular flexibility index (Phi) is 4.31. The van der Waals surface area contributed by atoms with Crippen molar-refractivity contribution in [2.24, 2.45) is 5.92 Å². The molecule has 4 heteroatoms. The van der Waals surface area contributed by atoms with Crippen LogP contribution < -0.4 is 5.32 Å². The molecule has 1 aromatic heterocycles. The molecule has 0 bridgehead atoms. The SMILES string of the molecule is CC(C)C1CN(C(=O)c2cccnc2)CCCN1. The van der Waals surface area contributed by atoms with E-state index in [1.165, 1.54) is 0 Å². The zero-order valence-electron chi connectivity index (χ0n) is 11.1. The van der Waals surface area contributed by atoms with Crippen molar-refractivity contribution >= 4 is 5.91 Å². The van der Waals surface area contributed by atoms with E-state index in [-0.39, 0.29) is 5.91 Å². The molecule has 1 saturated heterocycles. The number of carbonyl (C=O) groups excluding carboxylic acids is 1. The van der Waals surface area contributed by atoms with E-state index in [1.807, 2.05) is 17.0 Å². The summed E-state index contributed by atoms with van der Waals surface area (Å²) in [5.74, 6) is 0.629. The van der Waals surface area contributed by atoms with Gasteiger partial charge in [-0.1, -0.05) is 13.8 Å². The summed E-state index contributed by atoms with van der Waals surface area (Å²) < 4.78 is 0. The molecule has 1 aromatic rings. The van der Waals surface area contributed by atoms with Crippen LogP contribution in [0.3, 0.4) is 0 Å². The van der Waals surface area contributed by atoms with E-state index in [4.69, 9.17) is 0 Å². The molecule has 0 aliphatic carbocycles. The van der Waals surface area contributed by atoms with E-state index in [0.717, 1.165) is 26.1 Å². The number of nitrogens with zero attached hydrogens (tertiary/aromatic N) is 2. The van der Waals surface area contributed by atoms with Gasteiger partial charge in [0.15, 0.2) is 0 Å². The van der Waals surface area contributed by atoms with Crippen LogP contribution in [0.5, 0.6) is 0 Å². The minimum absolute atomic E-state index is 0.0949. The summed E-state index contributed by atoms with van der Waals surface area (Å²) in [6, 6.07) is 4.02. The minimum Gasteiger partial charge on any atom is -0.337 e. The van der Waals surface area contributed by atoms with Crippen molar-refractivity contribution in [3.05, 3.63) is 30.1 Å². The molecule has 2 rings (SSSR count). The quantitative estimate of drug-likeness (QED) is 0.862. The summed E-state index contributed by atoms with van der Waals surface area (Å²) in [5.41, 5.74) is 0.682. The van der Waals surface area contributed by atoms with E-state index in [1.54, 1.807) is 12.4 Å². The largest absolute Gasteiger partial charge is 0.337 e. The molecule has 98 valence electrons. The van der Waals surface area contributed by atoms with Crippen molar-refractivity contribution in [3.63, 3.8) is 0 Å². The second-order valence-corrected chi connectivity index (χ2v) is 5.15. The molecular weight excluding hydrogens is 226 g/mol. The highest BCUT2D eigenvalue weighted by Gasteiger charge is 2.24. The molecule has 18 heavy (non-hydrogen) atoms. The van der Waals surface area contributed by atoms with Gasteiger partial charge in [0.25, 0.3) is 5.91 Å². The van der Waals surface area contributed by atoms with Gasteiger partial charge in [0, 0.05) is 31.5 Å². The number of rotatable bonds is 2. The maximum absolute atomic E-state index is 12.4. The Morgan fingerprint density at radius 1 is 1.56 bits per heavy atom. The standard InChI is InChI=1S/C14H21N3O/c1-11(2)13-10-17(8-4-7-16-13)14(18)12-5-3-6-15-9-12/h3,5-6,9,11,13,16H,4,7-8,10H2,1-2H3. The summed E-state index contributed by atoms with van der Waals surface area (Å²) in [6.45, 7) is 6.97. The molecule has 1 N–H and O–H groups in total.